The lowest BCUT2D eigenvalue weighted by molar-refractivity contribution is -0.143. The molecule has 3 fully saturated rings. The van der Waals surface area contributed by atoms with E-state index in [9.17, 15) is 22.8 Å². The first-order valence-corrected chi connectivity index (χ1v) is 36.2. The Morgan fingerprint density at radius 1 is 0.885 bits per heavy atom. The van der Waals surface area contributed by atoms with Crippen molar-refractivity contribution in [2.75, 3.05) is 112 Å². The summed E-state index contributed by atoms with van der Waals surface area (Å²) in [6.45, 7) is 13.2. The third-order valence-electron chi connectivity index (χ3n) is 19.3. The van der Waals surface area contributed by atoms with Gasteiger partial charge in [0.25, 0.3) is 0 Å². The maximum absolute atomic E-state index is 17.8. The van der Waals surface area contributed by atoms with E-state index in [0.29, 0.717) is 79.1 Å². The van der Waals surface area contributed by atoms with Crippen LogP contribution in [-0.2, 0) is 56.9 Å². The van der Waals surface area contributed by atoms with Crippen molar-refractivity contribution in [3.63, 3.8) is 0 Å². The molecule has 3 aromatic heterocycles. The third kappa shape index (κ3) is 15.6. The molecule has 5 aromatic carbocycles. The molecule has 4 aliphatic heterocycles. The highest BCUT2D eigenvalue weighted by Crippen LogP contribution is 2.43. The number of anilines is 1. The average molecular weight is 1450 g/mol. The van der Waals surface area contributed by atoms with Crippen LogP contribution in [-0.4, -0.2) is 207 Å². The molecule has 0 saturated carbocycles. The minimum atomic E-state index is -4.10. The number of halogens is 2. The average Bonchev–Trinajstić information content (AvgIpc) is 0.972. The molecule has 3 saturated heterocycles. The van der Waals surface area contributed by atoms with E-state index in [0.717, 1.165) is 22.3 Å². The number of carbonyl (C=O) groups excluding carboxylic acids is 3. The van der Waals surface area contributed by atoms with Crippen LogP contribution in [0, 0.1) is 30.9 Å². The van der Waals surface area contributed by atoms with Crippen LogP contribution in [0.1, 0.15) is 100 Å². The Bertz CT molecular complexity index is 4690. The van der Waals surface area contributed by atoms with Gasteiger partial charge in [-0.2, -0.15) is 14.3 Å². The number of likely N-dealkylation sites (tertiary alicyclic amines) is 1. The predicted molar refractivity (Wildman–Crippen MR) is 381 cm³/mol. The second-order valence-corrected chi connectivity index (χ2v) is 29.3. The molecule has 0 spiro atoms. The monoisotopic (exact) mass is 1450 g/mol. The van der Waals surface area contributed by atoms with Gasteiger partial charge >= 0.3 is 18.1 Å². The highest BCUT2D eigenvalue weighted by Gasteiger charge is 2.48. The number of ether oxygens (including phenoxy) is 10. The SMILES string of the molecule is C#Cc1c(F)ccc2cc(OCOC)cc(-c3ncc4c(N5C[C@H]6CC[C@@H](C5)N6C(=O)OC(C)(C)C)nc(OC[C@@]5(C(=O)NCCOCCOCCOc6ccc7c(c6)O[C@H](C)CN(Cc6cc(C(CC(=O)OCC)c8cc(OC)c9c(c8)nnn9C)ccc6C)S7(=O)=O)CCCN5C)nc4c3F)c12. The smallest absolute Gasteiger partial charge is 0.410 e. The van der Waals surface area contributed by atoms with E-state index in [1.54, 1.807) is 55.8 Å². The molecule has 2 bridgehead atoms. The van der Waals surface area contributed by atoms with Crippen molar-refractivity contribution in [1.82, 2.24) is 49.4 Å². The van der Waals surface area contributed by atoms with Crippen molar-refractivity contribution in [2.45, 2.75) is 120 Å². The molecular weight excluding hydrogens is 1360 g/mol. The zero-order valence-corrected chi connectivity index (χ0v) is 60.9. The fourth-order valence-corrected chi connectivity index (χ4v) is 15.8. The van der Waals surface area contributed by atoms with Gasteiger partial charge in [-0.25, -0.2) is 26.7 Å². The lowest BCUT2D eigenvalue weighted by Gasteiger charge is -2.42. The molecule has 12 rings (SSSR count). The molecule has 29 heteroatoms. The Morgan fingerprint density at radius 2 is 1.65 bits per heavy atom. The van der Waals surface area contributed by atoms with Gasteiger partial charge in [0.05, 0.1) is 76.1 Å². The van der Waals surface area contributed by atoms with Crippen molar-refractivity contribution in [2.24, 2.45) is 7.05 Å². The van der Waals surface area contributed by atoms with Gasteiger partial charge in [-0.15, -0.1) is 11.5 Å². The summed E-state index contributed by atoms with van der Waals surface area (Å²) in [4.78, 5) is 61.1. The molecule has 104 heavy (non-hydrogen) atoms. The number of hydrogen-bond acceptors (Lipinski definition) is 22. The summed E-state index contributed by atoms with van der Waals surface area (Å²) in [5.41, 5.74) is 2.22. The number of carbonyl (C=O) groups is 3. The fraction of sp³-hybridized carbons (Fsp3) is 0.467. The number of likely N-dealkylation sites (N-methyl/N-ethyl adjacent to an activating group) is 1. The molecule has 5 atom stereocenters. The first kappa shape index (κ1) is 74.2. The predicted octanol–water partition coefficient (Wildman–Crippen LogP) is 9.40. The molecule has 4 aliphatic rings. The minimum absolute atomic E-state index is 0.00612. The van der Waals surface area contributed by atoms with E-state index in [1.165, 1.54) is 41.9 Å². The Labute approximate surface area is 602 Å². The summed E-state index contributed by atoms with van der Waals surface area (Å²) >= 11 is 0. The van der Waals surface area contributed by atoms with Crippen LogP contribution in [0.15, 0.2) is 83.9 Å². The van der Waals surface area contributed by atoms with Crippen LogP contribution in [0.25, 0.3) is 44.0 Å². The third-order valence-corrected chi connectivity index (χ3v) is 21.2. The second kappa shape index (κ2) is 31.4. The van der Waals surface area contributed by atoms with Crippen LogP contribution in [0.5, 0.6) is 29.0 Å². The van der Waals surface area contributed by atoms with Gasteiger partial charge in [0.2, 0.25) is 15.9 Å². The number of fused-ring (bicyclic) bond motifs is 6. The summed E-state index contributed by atoms with van der Waals surface area (Å²) < 4.78 is 124. The van der Waals surface area contributed by atoms with Crippen molar-refractivity contribution in [3.05, 3.63) is 118 Å². The number of aromatic nitrogens is 6. The van der Waals surface area contributed by atoms with Crippen LogP contribution in [0.4, 0.5) is 19.4 Å². The number of methoxy groups -OCH3 is 2. The van der Waals surface area contributed by atoms with Crippen LogP contribution >= 0.6 is 0 Å². The lowest BCUT2D eigenvalue weighted by atomic mass is 9.86. The van der Waals surface area contributed by atoms with Gasteiger partial charge < -0.3 is 57.6 Å². The van der Waals surface area contributed by atoms with E-state index in [-0.39, 0.29) is 153 Å². The van der Waals surface area contributed by atoms with Gasteiger partial charge in [0.15, 0.2) is 12.6 Å². The molecule has 552 valence electrons. The second-order valence-electron chi connectivity index (χ2n) is 27.4. The number of esters is 1. The summed E-state index contributed by atoms with van der Waals surface area (Å²) in [5.74, 6) is 1.34. The molecule has 1 unspecified atom stereocenters. The van der Waals surface area contributed by atoms with Crippen LogP contribution < -0.4 is 33.9 Å². The number of amides is 2. The number of nitrogens with one attached hydrogen (secondary N) is 1. The number of piperazine rings is 1. The standard InChI is InChI=1S/C75H87F2N11O15S/c1-12-55-59(76)21-17-48-32-54(101-44-94-10)35-57(65(48)55)67-66(77)68-58(38-79-67)70(86-41-51-18-19-52(42-86)88(51)73(91)103-74(5,6)7)81-72(80-68)100-43-75(23-14-25-84(75)8)71(90)78-24-26-96-27-28-97-29-30-99-53-20-22-63-61(36-53)102-46(4)39-87(104(63,92)93)40-50-31-47(16-15-45(50)3)56(37-64(89)98-13-2)49-33-60-69(62(34-49)95-11)85(9)83-82-60/h1,15-17,20-22,31-36,38,46,51-52,56H,13-14,18-19,23-30,37,39-44H2,2-11H3,(H,78,90)/t46-,51-,52+,56?,75-/m1/s1. The van der Waals surface area contributed by atoms with Gasteiger partial charge in [-0.05, 0) is 151 Å². The Kier molecular flexibility index (Phi) is 22.4. The number of terminal acetylenes is 1. The Hall–Kier alpha value is -9.57. The lowest BCUT2D eigenvalue weighted by Crippen LogP contribution is -2.58. The highest BCUT2D eigenvalue weighted by molar-refractivity contribution is 7.89. The highest BCUT2D eigenvalue weighted by atomic mass is 32.2. The molecule has 8 aromatic rings. The largest absolute Gasteiger partial charge is 0.494 e. The summed E-state index contributed by atoms with van der Waals surface area (Å²) in [5, 5.41) is 12.5. The zero-order chi connectivity index (χ0) is 73.8. The van der Waals surface area contributed by atoms with Gasteiger partial charge in [-0.3, -0.25) is 24.4 Å². The maximum atomic E-state index is 17.8. The van der Waals surface area contributed by atoms with Crippen LogP contribution in [0.3, 0.4) is 0 Å². The summed E-state index contributed by atoms with van der Waals surface area (Å²) in [6.07, 6.45) is 8.92. The van der Waals surface area contributed by atoms with Gasteiger partial charge in [-0.1, -0.05) is 35.4 Å². The number of pyridine rings is 1. The van der Waals surface area contributed by atoms with E-state index in [4.69, 9.17) is 63.8 Å². The molecule has 0 radical (unpaired) electrons. The quantitative estimate of drug-likeness (QED) is 0.0217. The van der Waals surface area contributed by atoms with Gasteiger partial charge in [0, 0.05) is 69.5 Å². The summed E-state index contributed by atoms with van der Waals surface area (Å²) in [6, 6.07) is 19.4. The number of aryl methyl sites for hydroxylation is 2. The Morgan fingerprint density at radius 3 is 2.38 bits per heavy atom. The van der Waals surface area contributed by atoms with Crippen molar-refractivity contribution in [1.29, 1.82) is 0 Å². The first-order chi connectivity index (χ1) is 49.9. The van der Waals surface area contributed by atoms with Crippen LogP contribution in [0.2, 0.25) is 0 Å². The molecule has 7 heterocycles. The molecule has 2 amide bonds. The fourth-order valence-electron chi connectivity index (χ4n) is 14.3. The van der Waals surface area contributed by atoms with Crippen molar-refractivity contribution in [3.8, 4) is 52.6 Å². The molecule has 1 N–H and O–H groups in total. The summed E-state index contributed by atoms with van der Waals surface area (Å²) in [7, 11) is 2.52. The number of benzene rings is 5. The number of nitrogens with zero attached hydrogens (tertiary/aromatic N) is 10. The minimum Gasteiger partial charge on any atom is -0.494 e. The van der Waals surface area contributed by atoms with E-state index >= 15 is 8.78 Å². The number of sulfonamides is 1. The van der Waals surface area contributed by atoms with Crippen molar-refractivity contribution < 1.29 is 79.0 Å². The van der Waals surface area contributed by atoms with Crippen molar-refractivity contribution >= 4 is 66.5 Å². The van der Waals surface area contributed by atoms with E-state index in [1.807, 2.05) is 74.9 Å². The molecular formula is C75H87F2N11O15S. The Balaban J connectivity index is 0.666. The zero-order valence-electron chi connectivity index (χ0n) is 60.1. The normalized spacial score (nSPS) is 19.1. The number of rotatable bonds is 27. The number of hydrogen-bond donors (Lipinski definition) is 1. The van der Waals surface area contributed by atoms with E-state index < -0.39 is 56.9 Å². The van der Waals surface area contributed by atoms with E-state index in [2.05, 4.69) is 26.5 Å². The molecule has 26 nitrogen and oxygen atoms in total. The molecule has 0 aliphatic carbocycles. The first-order valence-electron chi connectivity index (χ1n) is 34.7. The topological polar surface area (TPSA) is 272 Å². The maximum Gasteiger partial charge on any atom is 0.410 e. The van der Waals surface area contributed by atoms with Gasteiger partial charge in [0.1, 0.15) is 92.2 Å².